The molecule has 1 heterocycles. The van der Waals surface area contributed by atoms with E-state index >= 15 is 0 Å². The molecule has 11 heteroatoms. The monoisotopic (exact) mass is 561 g/mol. The van der Waals surface area contributed by atoms with Gasteiger partial charge in [-0.15, -0.1) is 0 Å². The van der Waals surface area contributed by atoms with Gasteiger partial charge in [-0.25, -0.2) is 12.8 Å². The van der Waals surface area contributed by atoms with Crippen molar-refractivity contribution in [3.8, 4) is 11.5 Å². The molecule has 1 unspecified atom stereocenters. The van der Waals surface area contributed by atoms with E-state index in [0.29, 0.717) is 23.5 Å². The van der Waals surface area contributed by atoms with Crippen LogP contribution in [0.25, 0.3) is 0 Å². The van der Waals surface area contributed by atoms with E-state index in [1.807, 2.05) is 6.92 Å². The van der Waals surface area contributed by atoms with Gasteiger partial charge in [-0.2, -0.15) is 0 Å². The second-order valence-electron chi connectivity index (χ2n) is 9.86. The molecule has 0 bridgehead atoms. The fourth-order valence-electron chi connectivity index (χ4n) is 5.01. The van der Waals surface area contributed by atoms with Gasteiger partial charge in [-0.3, -0.25) is 13.9 Å². The summed E-state index contributed by atoms with van der Waals surface area (Å²) in [7, 11) is -3.87. The zero-order chi connectivity index (χ0) is 28.0. The highest BCUT2D eigenvalue weighted by Gasteiger charge is 2.34. The summed E-state index contributed by atoms with van der Waals surface area (Å²) in [5.41, 5.74) is 0.887. The molecule has 0 aromatic heterocycles. The highest BCUT2D eigenvalue weighted by atomic mass is 32.2. The van der Waals surface area contributed by atoms with E-state index in [2.05, 4.69) is 5.32 Å². The number of sulfonamides is 1. The lowest BCUT2D eigenvalue weighted by Crippen LogP contribution is -2.54. The van der Waals surface area contributed by atoms with Crippen LogP contribution in [0, 0.1) is 5.82 Å². The van der Waals surface area contributed by atoms with Crippen molar-refractivity contribution in [3.05, 3.63) is 53.8 Å². The standard InChI is InChI=1S/C28H36FN3O6S/c1-3-24(28(34)30-22-8-6-5-7-9-22)31(17-20-10-12-21(29)13-11-20)27(33)18-32(39(35,36)4-2)23-14-15-25-26(16-23)38-19-37-25/h10-16,22,24H,3-9,17-19H2,1-2H3,(H,30,34). The van der Waals surface area contributed by atoms with Gasteiger partial charge < -0.3 is 19.7 Å². The average Bonchev–Trinajstić information content (AvgIpc) is 3.41. The van der Waals surface area contributed by atoms with Crippen molar-refractivity contribution >= 4 is 27.5 Å². The molecule has 1 N–H and O–H groups in total. The number of carbonyl (C=O) groups excluding carboxylic acids is 2. The Balaban J connectivity index is 1.63. The van der Waals surface area contributed by atoms with E-state index in [0.717, 1.165) is 36.4 Å². The first kappa shape index (κ1) is 28.7. The lowest BCUT2D eigenvalue weighted by molar-refractivity contribution is -0.140. The van der Waals surface area contributed by atoms with Crippen LogP contribution in [0.4, 0.5) is 10.1 Å². The van der Waals surface area contributed by atoms with Crippen molar-refractivity contribution in [2.45, 2.75) is 71.0 Å². The van der Waals surface area contributed by atoms with Crippen LogP contribution in [0.2, 0.25) is 0 Å². The number of benzene rings is 2. The summed E-state index contributed by atoms with van der Waals surface area (Å²) in [6.45, 7) is 2.86. The summed E-state index contributed by atoms with van der Waals surface area (Å²) >= 11 is 0. The molecular formula is C28H36FN3O6S. The fraction of sp³-hybridized carbons (Fsp3) is 0.500. The SMILES string of the molecule is CCC(C(=O)NC1CCCCC1)N(Cc1ccc(F)cc1)C(=O)CN(c1ccc2c(c1)OCO2)S(=O)(=O)CC. The Morgan fingerprint density at radius 2 is 1.72 bits per heavy atom. The van der Waals surface area contributed by atoms with Crippen molar-refractivity contribution < 1.29 is 31.9 Å². The number of hydrogen-bond donors (Lipinski definition) is 1. The average molecular weight is 562 g/mol. The second-order valence-corrected chi connectivity index (χ2v) is 12.0. The van der Waals surface area contributed by atoms with Crippen LogP contribution in [0.5, 0.6) is 11.5 Å². The Morgan fingerprint density at radius 3 is 2.38 bits per heavy atom. The van der Waals surface area contributed by atoms with Gasteiger partial charge in [0.15, 0.2) is 11.5 Å². The third-order valence-electron chi connectivity index (χ3n) is 7.23. The zero-order valence-corrected chi connectivity index (χ0v) is 23.2. The highest BCUT2D eigenvalue weighted by Crippen LogP contribution is 2.36. The predicted molar refractivity (Wildman–Crippen MR) is 145 cm³/mol. The lowest BCUT2D eigenvalue weighted by atomic mass is 9.95. The Hall–Kier alpha value is -3.34. The van der Waals surface area contributed by atoms with Gasteiger partial charge >= 0.3 is 0 Å². The molecule has 9 nitrogen and oxygen atoms in total. The van der Waals surface area contributed by atoms with E-state index in [1.54, 1.807) is 24.3 Å². The quantitative estimate of drug-likeness (QED) is 0.445. The normalized spacial score (nSPS) is 16.0. The summed E-state index contributed by atoms with van der Waals surface area (Å²) in [4.78, 5) is 28.7. The third kappa shape index (κ3) is 7.00. The Bertz CT molecular complexity index is 1260. The number of rotatable bonds is 11. The molecule has 1 aliphatic heterocycles. The van der Waals surface area contributed by atoms with Gasteiger partial charge in [0.05, 0.1) is 11.4 Å². The number of carbonyl (C=O) groups is 2. The van der Waals surface area contributed by atoms with Gasteiger partial charge in [0.25, 0.3) is 0 Å². The Morgan fingerprint density at radius 1 is 1.03 bits per heavy atom. The minimum atomic E-state index is -3.87. The largest absolute Gasteiger partial charge is 0.454 e. The van der Waals surface area contributed by atoms with E-state index < -0.39 is 34.3 Å². The van der Waals surface area contributed by atoms with Gasteiger partial charge in [-0.05, 0) is 56.0 Å². The first-order valence-corrected chi connectivity index (χ1v) is 15.1. The minimum Gasteiger partial charge on any atom is -0.454 e. The maximum Gasteiger partial charge on any atom is 0.244 e. The third-order valence-corrected chi connectivity index (χ3v) is 8.97. The first-order valence-electron chi connectivity index (χ1n) is 13.5. The summed E-state index contributed by atoms with van der Waals surface area (Å²) in [5, 5.41) is 3.10. The van der Waals surface area contributed by atoms with Crippen LogP contribution in [0.3, 0.4) is 0 Å². The van der Waals surface area contributed by atoms with E-state index in [9.17, 15) is 22.4 Å². The molecule has 0 spiro atoms. The molecule has 39 heavy (non-hydrogen) atoms. The fourth-order valence-corrected chi connectivity index (χ4v) is 6.06. The maximum absolute atomic E-state index is 13.9. The van der Waals surface area contributed by atoms with Crippen LogP contribution in [0.15, 0.2) is 42.5 Å². The van der Waals surface area contributed by atoms with Gasteiger partial charge in [0.1, 0.15) is 18.4 Å². The van der Waals surface area contributed by atoms with E-state index in [-0.39, 0.29) is 36.7 Å². The number of anilines is 1. The lowest BCUT2D eigenvalue weighted by Gasteiger charge is -2.34. The van der Waals surface area contributed by atoms with Crippen LogP contribution < -0.4 is 19.1 Å². The summed E-state index contributed by atoms with van der Waals surface area (Å²) in [6, 6.07) is 9.61. The molecule has 2 aliphatic rings. The topological polar surface area (TPSA) is 105 Å². The van der Waals surface area contributed by atoms with Crippen LogP contribution in [-0.4, -0.2) is 56.3 Å². The van der Waals surface area contributed by atoms with Crippen molar-refractivity contribution in [3.63, 3.8) is 0 Å². The number of nitrogens with one attached hydrogen (secondary N) is 1. The zero-order valence-electron chi connectivity index (χ0n) is 22.4. The maximum atomic E-state index is 13.9. The molecule has 212 valence electrons. The minimum absolute atomic E-state index is 0.0247. The molecule has 1 aliphatic carbocycles. The number of fused-ring (bicyclic) bond motifs is 1. The smallest absolute Gasteiger partial charge is 0.244 e. The van der Waals surface area contributed by atoms with Crippen LogP contribution >= 0.6 is 0 Å². The van der Waals surface area contributed by atoms with Gasteiger partial charge in [-0.1, -0.05) is 38.3 Å². The van der Waals surface area contributed by atoms with Crippen LogP contribution in [-0.2, 0) is 26.2 Å². The Kier molecular flexibility index (Phi) is 9.32. The number of nitrogens with zero attached hydrogens (tertiary/aromatic N) is 2. The van der Waals surface area contributed by atoms with E-state index in [1.165, 1.54) is 30.0 Å². The number of ether oxygens (including phenoxy) is 2. The van der Waals surface area contributed by atoms with Crippen molar-refractivity contribution in [2.75, 3.05) is 23.4 Å². The molecule has 1 atom stereocenters. The van der Waals surface area contributed by atoms with Gasteiger partial charge in [0.2, 0.25) is 28.6 Å². The highest BCUT2D eigenvalue weighted by molar-refractivity contribution is 7.92. The summed E-state index contributed by atoms with van der Waals surface area (Å²) in [5.74, 6) is -0.583. The summed E-state index contributed by atoms with van der Waals surface area (Å²) < 4.78 is 51.7. The number of halogens is 1. The summed E-state index contributed by atoms with van der Waals surface area (Å²) in [6.07, 6.45) is 5.33. The number of hydrogen-bond acceptors (Lipinski definition) is 6. The first-order chi connectivity index (χ1) is 18.7. The predicted octanol–water partition coefficient (Wildman–Crippen LogP) is 3.97. The molecule has 1 fully saturated rings. The van der Waals surface area contributed by atoms with Crippen molar-refractivity contribution in [1.29, 1.82) is 0 Å². The molecule has 2 aromatic carbocycles. The molecule has 2 amide bonds. The molecule has 0 saturated heterocycles. The van der Waals surface area contributed by atoms with Crippen LogP contribution in [0.1, 0.15) is 57.9 Å². The van der Waals surface area contributed by atoms with E-state index in [4.69, 9.17) is 9.47 Å². The van der Waals surface area contributed by atoms with Crippen molar-refractivity contribution in [2.24, 2.45) is 0 Å². The molecule has 0 radical (unpaired) electrons. The molecule has 1 saturated carbocycles. The molecular weight excluding hydrogens is 525 g/mol. The van der Waals surface area contributed by atoms with Gasteiger partial charge in [0, 0.05) is 18.7 Å². The van der Waals surface area contributed by atoms with Crippen molar-refractivity contribution in [1.82, 2.24) is 10.2 Å². The Labute approximate surface area is 229 Å². The number of amides is 2. The molecule has 2 aromatic rings. The molecule has 4 rings (SSSR count). The second kappa shape index (κ2) is 12.7.